The lowest BCUT2D eigenvalue weighted by atomic mass is 10.1. The lowest BCUT2D eigenvalue weighted by Crippen LogP contribution is -2.35. The number of carbonyl (C=O) groups is 1. The Balaban J connectivity index is 1.62. The Bertz CT molecular complexity index is 882. The average Bonchev–Trinajstić information content (AvgIpc) is 3.18. The second-order valence-corrected chi connectivity index (χ2v) is 7.44. The number of furan rings is 1. The second-order valence-electron chi connectivity index (χ2n) is 6.51. The summed E-state index contributed by atoms with van der Waals surface area (Å²) in [5.41, 5.74) is 2.77. The first-order valence-corrected chi connectivity index (χ1v) is 9.30. The molecule has 1 N–H and O–H groups in total. The van der Waals surface area contributed by atoms with Crippen LogP contribution in [0.25, 0.3) is 11.1 Å². The van der Waals surface area contributed by atoms with E-state index >= 15 is 0 Å². The van der Waals surface area contributed by atoms with Gasteiger partial charge in [-0.1, -0.05) is 31.7 Å². The molecule has 0 radical (unpaired) electrons. The number of benzene rings is 1. The molecule has 0 spiro atoms. The predicted octanol–water partition coefficient (Wildman–Crippen LogP) is 4.80. The topological polar surface area (TPSA) is 68.3 Å². The van der Waals surface area contributed by atoms with Crippen LogP contribution in [0.1, 0.15) is 42.6 Å². The summed E-state index contributed by atoms with van der Waals surface area (Å²) in [6, 6.07) is 9.53. The molecular formula is C19H22N2O3S. The maximum Gasteiger partial charge on any atom is 0.287 e. The van der Waals surface area contributed by atoms with Crippen LogP contribution in [-0.4, -0.2) is 16.9 Å². The fourth-order valence-corrected chi connectivity index (χ4v) is 2.97. The van der Waals surface area contributed by atoms with Gasteiger partial charge in [-0.25, -0.2) is 4.98 Å². The third kappa shape index (κ3) is 4.25. The molecule has 0 bridgehead atoms. The van der Waals surface area contributed by atoms with Crippen molar-refractivity contribution >= 4 is 28.8 Å². The number of nitrogens with zero attached hydrogens (tertiary/aromatic N) is 1. The molecule has 2 heterocycles. The maximum absolute atomic E-state index is 12.2. The van der Waals surface area contributed by atoms with Crippen LogP contribution < -0.4 is 5.32 Å². The number of oxazole rings is 1. The lowest BCUT2D eigenvalue weighted by Gasteiger charge is -2.16. The number of nitrogens with one attached hydrogen (secondary N) is 1. The summed E-state index contributed by atoms with van der Waals surface area (Å²) in [6.45, 7) is 8.14. The molecule has 0 aliphatic carbocycles. The van der Waals surface area contributed by atoms with Crippen LogP contribution in [0.3, 0.4) is 0 Å². The van der Waals surface area contributed by atoms with E-state index < -0.39 is 0 Å². The third-order valence-corrected chi connectivity index (χ3v) is 4.96. The van der Waals surface area contributed by atoms with Crippen LogP contribution in [0.2, 0.25) is 0 Å². The zero-order valence-electron chi connectivity index (χ0n) is 14.8. The molecule has 0 fully saturated rings. The molecule has 6 heteroatoms. The minimum absolute atomic E-state index is 0.0960. The summed E-state index contributed by atoms with van der Waals surface area (Å²) >= 11 is 1.45. The number of thioether (sulfide) groups is 1. The Kier molecular flexibility index (Phi) is 5.18. The monoisotopic (exact) mass is 358 g/mol. The molecule has 3 aromatic rings. The Hall–Kier alpha value is -2.21. The summed E-state index contributed by atoms with van der Waals surface area (Å²) in [4.78, 5) is 16.6. The van der Waals surface area contributed by atoms with E-state index in [0.717, 1.165) is 16.7 Å². The first-order chi connectivity index (χ1) is 11.9. The molecule has 3 rings (SSSR count). The van der Waals surface area contributed by atoms with Gasteiger partial charge in [0.05, 0.1) is 5.75 Å². The van der Waals surface area contributed by atoms with Crippen molar-refractivity contribution in [2.75, 3.05) is 0 Å². The minimum Gasteiger partial charge on any atom is -0.455 e. The van der Waals surface area contributed by atoms with E-state index in [9.17, 15) is 4.79 Å². The molecule has 1 amide bonds. The van der Waals surface area contributed by atoms with Crippen molar-refractivity contribution in [3.8, 4) is 0 Å². The maximum atomic E-state index is 12.2. The first-order valence-electron chi connectivity index (χ1n) is 8.32. The number of aryl methyl sites for hydroxylation is 1. The van der Waals surface area contributed by atoms with Crippen LogP contribution >= 0.6 is 11.8 Å². The van der Waals surface area contributed by atoms with Crippen LogP contribution in [0.5, 0.6) is 0 Å². The highest BCUT2D eigenvalue weighted by Crippen LogP contribution is 2.27. The van der Waals surface area contributed by atoms with Crippen molar-refractivity contribution in [3.63, 3.8) is 0 Å². The van der Waals surface area contributed by atoms with Crippen molar-refractivity contribution in [2.24, 2.45) is 5.92 Å². The molecule has 132 valence electrons. The van der Waals surface area contributed by atoms with Crippen LogP contribution in [0, 0.1) is 12.8 Å². The van der Waals surface area contributed by atoms with Gasteiger partial charge in [0.1, 0.15) is 11.3 Å². The molecule has 0 aliphatic heterocycles. The summed E-state index contributed by atoms with van der Waals surface area (Å²) < 4.78 is 11.3. The van der Waals surface area contributed by atoms with Crippen molar-refractivity contribution in [1.82, 2.24) is 10.3 Å². The van der Waals surface area contributed by atoms with Gasteiger partial charge in [-0.05, 0) is 49.6 Å². The standard InChI is InChI=1S/C19H22N2O3S/c1-11(2)13(4)20-18(22)17-8-6-14(23-17)10-25-19-21-15-9-12(3)5-7-16(15)24-19/h5-9,11,13H,10H2,1-4H3,(H,20,22). The number of aromatic nitrogens is 1. The van der Waals surface area contributed by atoms with Gasteiger partial charge in [-0.3, -0.25) is 4.79 Å². The number of amides is 1. The predicted molar refractivity (Wildman–Crippen MR) is 98.8 cm³/mol. The van der Waals surface area contributed by atoms with Crippen molar-refractivity contribution < 1.29 is 13.6 Å². The summed E-state index contributed by atoms with van der Waals surface area (Å²) in [7, 11) is 0. The minimum atomic E-state index is -0.185. The largest absolute Gasteiger partial charge is 0.455 e. The van der Waals surface area contributed by atoms with Gasteiger partial charge in [0, 0.05) is 6.04 Å². The zero-order valence-corrected chi connectivity index (χ0v) is 15.6. The average molecular weight is 358 g/mol. The molecule has 0 aliphatic rings. The summed E-state index contributed by atoms with van der Waals surface area (Å²) in [6.07, 6.45) is 0. The highest BCUT2D eigenvalue weighted by Gasteiger charge is 2.16. The molecule has 1 atom stereocenters. The Labute approximate surface area is 151 Å². The van der Waals surface area contributed by atoms with Gasteiger partial charge in [-0.2, -0.15) is 0 Å². The van der Waals surface area contributed by atoms with Gasteiger partial charge >= 0.3 is 0 Å². The van der Waals surface area contributed by atoms with E-state index in [-0.39, 0.29) is 11.9 Å². The van der Waals surface area contributed by atoms with E-state index in [0.29, 0.717) is 28.4 Å². The van der Waals surface area contributed by atoms with E-state index in [4.69, 9.17) is 8.83 Å². The molecule has 2 aromatic heterocycles. The molecule has 25 heavy (non-hydrogen) atoms. The number of hydrogen-bond acceptors (Lipinski definition) is 5. The number of hydrogen-bond donors (Lipinski definition) is 1. The molecule has 5 nitrogen and oxygen atoms in total. The third-order valence-electron chi connectivity index (χ3n) is 4.11. The summed E-state index contributed by atoms with van der Waals surface area (Å²) in [5.74, 6) is 1.78. The van der Waals surface area contributed by atoms with E-state index in [1.807, 2.05) is 38.1 Å². The molecule has 0 saturated carbocycles. The van der Waals surface area contributed by atoms with Gasteiger partial charge in [0.25, 0.3) is 11.1 Å². The Morgan fingerprint density at radius 1 is 1.20 bits per heavy atom. The SMILES string of the molecule is Cc1ccc2oc(SCc3ccc(C(=O)NC(C)C(C)C)o3)nc2c1. The Morgan fingerprint density at radius 2 is 2.00 bits per heavy atom. The van der Waals surface area contributed by atoms with Crippen molar-refractivity contribution in [1.29, 1.82) is 0 Å². The normalized spacial score (nSPS) is 12.7. The van der Waals surface area contributed by atoms with Crippen molar-refractivity contribution in [2.45, 2.75) is 44.7 Å². The molecule has 0 saturated heterocycles. The number of rotatable bonds is 6. The van der Waals surface area contributed by atoms with Crippen LogP contribution in [0.4, 0.5) is 0 Å². The highest BCUT2D eigenvalue weighted by molar-refractivity contribution is 7.98. The molecular weight excluding hydrogens is 336 g/mol. The van der Waals surface area contributed by atoms with Gasteiger partial charge in [0.2, 0.25) is 0 Å². The fraction of sp³-hybridized carbons (Fsp3) is 0.368. The van der Waals surface area contributed by atoms with E-state index in [2.05, 4.69) is 24.1 Å². The van der Waals surface area contributed by atoms with E-state index in [1.165, 1.54) is 11.8 Å². The van der Waals surface area contributed by atoms with Gasteiger partial charge in [-0.15, -0.1) is 0 Å². The second kappa shape index (κ2) is 7.35. The number of carbonyl (C=O) groups excluding carboxylic acids is 1. The summed E-state index contributed by atoms with van der Waals surface area (Å²) in [5, 5.41) is 3.53. The molecule has 1 aromatic carbocycles. The fourth-order valence-electron chi connectivity index (χ4n) is 2.23. The highest BCUT2D eigenvalue weighted by atomic mass is 32.2. The molecule has 1 unspecified atom stereocenters. The quantitative estimate of drug-likeness (QED) is 0.641. The van der Waals surface area contributed by atoms with E-state index in [1.54, 1.807) is 6.07 Å². The van der Waals surface area contributed by atoms with Crippen LogP contribution in [-0.2, 0) is 5.75 Å². The smallest absolute Gasteiger partial charge is 0.287 e. The lowest BCUT2D eigenvalue weighted by molar-refractivity contribution is 0.0901. The zero-order chi connectivity index (χ0) is 18.0. The van der Waals surface area contributed by atoms with Gasteiger partial charge < -0.3 is 14.2 Å². The van der Waals surface area contributed by atoms with Crippen molar-refractivity contribution in [3.05, 3.63) is 47.4 Å². The first kappa shape index (κ1) is 17.6. The van der Waals surface area contributed by atoms with Crippen LogP contribution in [0.15, 0.2) is 44.4 Å². The Morgan fingerprint density at radius 3 is 2.76 bits per heavy atom. The number of fused-ring (bicyclic) bond motifs is 1. The van der Waals surface area contributed by atoms with Gasteiger partial charge in [0.15, 0.2) is 11.3 Å².